The van der Waals surface area contributed by atoms with Gasteiger partial charge in [-0.3, -0.25) is 9.59 Å². The summed E-state index contributed by atoms with van der Waals surface area (Å²) in [5.74, 6) is -0.124. The van der Waals surface area contributed by atoms with Gasteiger partial charge in [-0.25, -0.2) is 0 Å². The molecule has 25 heavy (non-hydrogen) atoms. The smallest absolute Gasteiger partial charge is 0.243 e. The van der Waals surface area contributed by atoms with Crippen LogP contribution in [-0.4, -0.2) is 18.4 Å². The second kappa shape index (κ2) is 8.87. The third-order valence-electron chi connectivity index (χ3n) is 3.96. The van der Waals surface area contributed by atoms with Gasteiger partial charge >= 0.3 is 0 Å². The van der Waals surface area contributed by atoms with Crippen LogP contribution in [0.5, 0.6) is 0 Å². The number of amides is 2. The van der Waals surface area contributed by atoms with Gasteiger partial charge in [-0.05, 0) is 55.7 Å². The van der Waals surface area contributed by atoms with Gasteiger partial charge < -0.3 is 16.0 Å². The predicted octanol–water partition coefficient (Wildman–Crippen LogP) is 4.09. The molecule has 0 aliphatic rings. The van der Waals surface area contributed by atoms with E-state index >= 15 is 0 Å². The van der Waals surface area contributed by atoms with Crippen molar-refractivity contribution in [2.75, 3.05) is 22.5 Å². The van der Waals surface area contributed by atoms with E-state index in [4.69, 9.17) is 0 Å². The third kappa shape index (κ3) is 5.64. The van der Waals surface area contributed by atoms with Crippen molar-refractivity contribution in [1.82, 2.24) is 0 Å². The summed E-state index contributed by atoms with van der Waals surface area (Å²) < 4.78 is 0. The van der Waals surface area contributed by atoms with Crippen molar-refractivity contribution < 1.29 is 9.59 Å². The van der Waals surface area contributed by atoms with Gasteiger partial charge in [-0.1, -0.05) is 25.1 Å². The molecule has 0 heterocycles. The summed E-state index contributed by atoms with van der Waals surface area (Å²) in [5, 5.41) is 8.84. The fraction of sp³-hybridized carbons (Fsp3) is 0.300. The maximum atomic E-state index is 12.2. The van der Waals surface area contributed by atoms with Crippen LogP contribution in [0.2, 0.25) is 0 Å². The average Bonchev–Trinajstić information content (AvgIpc) is 2.58. The molecule has 0 saturated heterocycles. The highest BCUT2D eigenvalue weighted by atomic mass is 16.2. The number of aryl methyl sites for hydroxylation is 1. The van der Waals surface area contributed by atoms with Crippen molar-refractivity contribution >= 4 is 28.9 Å². The standard InChI is InChI=1S/C20H25N3O2/c1-4-7-19(24)22-17-10-6-9-16(12-17)21-13-20(25)23-18-11-5-8-14(2)15(18)3/h5-6,8-12,21H,4,7,13H2,1-3H3,(H,22,24)(H,23,25). The fourth-order valence-corrected chi connectivity index (χ4v) is 2.42. The Morgan fingerprint density at radius 3 is 2.40 bits per heavy atom. The Labute approximate surface area is 148 Å². The number of hydrogen-bond acceptors (Lipinski definition) is 3. The monoisotopic (exact) mass is 339 g/mol. The Kier molecular flexibility index (Phi) is 6.57. The Balaban J connectivity index is 1.91. The molecule has 2 aromatic rings. The summed E-state index contributed by atoms with van der Waals surface area (Å²) in [6.07, 6.45) is 1.30. The van der Waals surface area contributed by atoms with E-state index in [0.29, 0.717) is 6.42 Å². The SMILES string of the molecule is CCCC(=O)Nc1cccc(NCC(=O)Nc2cccc(C)c2C)c1. The van der Waals surface area contributed by atoms with E-state index in [9.17, 15) is 9.59 Å². The van der Waals surface area contributed by atoms with E-state index in [0.717, 1.165) is 34.6 Å². The molecule has 0 fully saturated rings. The maximum Gasteiger partial charge on any atom is 0.243 e. The number of benzene rings is 2. The van der Waals surface area contributed by atoms with Gasteiger partial charge in [0.15, 0.2) is 0 Å². The van der Waals surface area contributed by atoms with Gasteiger partial charge in [-0.15, -0.1) is 0 Å². The zero-order valence-corrected chi connectivity index (χ0v) is 15.0. The molecule has 0 aromatic heterocycles. The molecule has 0 saturated carbocycles. The summed E-state index contributed by atoms with van der Waals surface area (Å²) in [6, 6.07) is 13.2. The minimum Gasteiger partial charge on any atom is -0.376 e. The van der Waals surface area contributed by atoms with E-state index in [-0.39, 0.29) is 18.4 Å². The van der Waals surface area contributed by atoms with Gasteiger partial charge in [0, 0.05) is 23.5 Å². The fourth-order valence-electron chi connectivity index (χ4n) is 2.42. The van der Waals surface area contributed by atoms with E-state index in [1.807, 2.05) is 63.2 Å². The molecule has 3 N–H and O–H groups in total. The van der Waals surface area contributed by atoms with Gasteiger partial charge in [0.1, 0.15) is 0 Å². The van der Waals surface area contributed by atoms with E-state index < -0.39 is 0 Å². The van der Waals surface area contributed by atoms with Crippen molar-refractivity contribution in [1.29, 1.82) is 0 Å². The Morgan fingerprint density at radius 1 is 0.920 bits per heavy atom. The van der Waals surface area contributed by atoms with Crippen molar-refractivity contribution in [2.24, 2.45) is 0 Å². The minimum absolute atomic E-state index is 0.00712. The lowest BCUT2D eigenvalue weighted by molar-refractivity contribution is -0.116. The Morgan fingerprint density at radius 2 is 1.64 bits per heavy atom. The molecule has 0 aliphatic carbocycles. The van der Waals surface area contributed by atoms with Crippen LogP contribution in [-0.2, 0) is 9.59 Å². The molecule has 0 unspecified atom stereocenters. The predicted molar refractivity (Wildman–Crippen MR) is 103 cm³/mol. The quantitative estimate of drug-likeness (QED) is 0.711. The largest absolute Gasteiger partial charge is 0.376 e. The van der Waals surface area contributed by atoms with Gasteiger partial charge in [-0.2, -0.15) is 0 Å². The molecule has 0 spiro atoms. The summed E-state index contributed by atoms with van der Waals surface area (Å²) in [4.78, 5) is 23.8. The zero-order chi connectivity index (χ0) is 18.2. The van der Waals surface area contributed by atoms with Crippen LogP contribution in [0.15, 0.2) is 42.5 Å². The normalized spacial score (nSPS) is 10.2. The highest BCUT2D eigenvalue weighted by Crippen LogP contribution is 2.18. The molecular formula is C20H25N3O2. The molecule has 0 radical (unpaired) electrons. The summed E-state index contributed by atoms with van der Waals surface area (Å²) in [5.41, 5.74) is 4.54. The van der Waals surface area contributed by atoms with E-state index in [1.54, 1.807) is 0 Å². The van der Waals surface area contributed by atoms with Crippen LogP contribution in [0.25, 0.3) is 0 Å². The van der Waals surface area contributed by atoms with Gasteiger partial charge in [0.05, 0.1) is 6.54 Å². The molecule has 0 bridgehead atoms. The van der Waals surface area contributed by atoms with Crippen LogP contribution in [0.1, 0.15) is 30.9 Å². The topological polar surface area (TPSA) is 70.2 Å². The first-order valence-corrected chi connectivity index (χ1v) is 8.49. The van der Waals surface area contributed by atoms with Crippen LogP contribution in [0.3, 0.4) is 0 Å². The first-order valence-electron chi connectivity index (χ1n) is 8.49. The summed E-state index contributed by atoms with van der Waals surface area (Å²) in [7, 11) is 0. The maximum absolute atomic E-state index is 12.2. The van der Waals surface area contributed by atoms with E-state index in [2.05, 4.69) is 16.0 Å². The number of carbonyl (C=O) groups is 2. The van der Waals surface area contributed by atoms with Gasteiger partial charge in [0.25, 0.3) is 0 Å². The lowest BCUT2D eigenvalue weighted by Gasteiger charge is -2.12. The molecule has 5 nitrogen and oxygen atoms in total. The highest BCUT2D eigenvalue weighted by Gasteiger charge is 2.06. The zero-order valence-electron chi connectivity index (χ0n) is 15.0. The Hall–Kier alpha value is -2.82. The van der Waals surface area contributed by atoms with E-state index in [1.165, 1.54) is 0 Å². The lowest BCUT2D eigenvalue weighted by Crippen LogP contribution is -2.22. The molecule has 132 valence electrons. The molecule has 0 aliphatic heterocycles. The van der Waals surface area contributed by atoms with Crippen LogP contribution in [0.4, 0.5) is 17.1 Å². The van der Waals surface area contributed by atoms with Crippen LogP contribution in [0, 0.1) is 13.8 Å². The lowest BCUT2D eigenvalue weighted by atomic mass is 10.1. The molecule has 2 aromatic carbocycles. The van der Waals surface area contributed by atoms with Gasteiger partial charge in [0.2, 0.25) is 11.8 Å². The van der Waals surface area contributed by atoms with Crippen molar-refractivity contribution in [2.45, 2.75) is 33.6 Å². The number of carbonyl (C=O) groups excluding carboxylic acids is 2. The Bertz CT molecular complexity index is 756. The molecule has 2 amide bonds. The molecule has 0 atom stereocenters. The van der Waals surface area contributed by atoms with Crippen LogP contribution >= 0.6 is 0 Å². The second-order valence-corrected chi connectivity index (χ2v) is 6.03. The number of hydrogen-bond donors (Lipinski definition) is 3. The summed E-state index contributed by atoms with van der Waals surface area (Å²) in [6.45, 7) is 6.12. The van der Waals surface area contributed by atoms with Crippen molar-refractivity contribution in [3.8, 4) is 0 Å². The first-order chi connectivity index (χ1) is 12.0. The van der Waals surface area contributed by atoms with Crippen molar-refractivity contribution in [3.63, 3.8) is 0 Å². The first kappa shape index (κ1) is 18.5. The third-order valence-corrected chi connectivity index (χ3v) is 3.96. The molecular weight excluding hydrogens is 314 g/mol. The van der Waals surface area contributed by atoms with Crippen LogP contribution < -0.4 is 16.0 Å². The molecule has 5 heteroatoms. The summed E-state index contributed by atoms with van der Waals surface area (Å²) >= 11 is 0. The molecule has 2 rings (SSSR count). The number of rotatable bonds is 7. The second-order valence-electron chi connectivity index (χ2n) is 6.03. The highest BCUT2D eigenvalue weighted by molar-refractivity contribution is 5.95. The minimum atomic E-state index is -0.117. The van der Waals surface area contributed by atoms with Crippen molar-refractivity contribution in [3.05, 3.63) is 53.6 Å². The number of anilines is 3. The number of nitrogens with one attached hydrogen (secondary N) is 3. The average molecular weight is 339 g/mol.